The first-order chi connectivity index (χ1) is 12.3. The number of ketones is 1. The first kappa shape index (κ1) is 36.0. The Kier molecular flexibility index (Phi) is 23.4. The topological polar surface area (TPSA) is 172 Å². The van der Waals surface area contributed by atoms with Crippen molar-refractivity contribution in [2.75, 3.05) is 23.0 Å². The fourth-order valence-corrected chi connectivity index (χ4v) is 4.97. The summed E-state index contributed by atoms with van der Waals surface area (Å²) >= 11 is -1.70. The molecule has 1 aromatic carbocycles. The van der Waals surface area contributed by atoms with Gasteiger partial charge in [0.1, 0.15) is 5.78 Å². The average molecular weight is 538 g/mol. The zero-order valence-electron chi connectivity index (χ0n) is 16.4. The molecule has 9 nitrogen and oxygen atoms in total. The molecule has 0 N–H and O–H groups in total. The number of rotatable bonds is 10. The first-order valence-corrected chi connectivity index (χ1v) is 12.8. The quantitative estimate of drug-likeness (QED) is 0.121. The second-order valence-electron chi connectivity index (χ2n) is 5.24. The molecule has 0 spiro atoms. The number of carbonyl (C=O) groups is 1. The Labute approximate surface area is 263 Å². The van der Waals surface area contributed by atoms with Crippen LogP contribution in [-0.2, 0) is 42.5 Å². The summed E-state index contributed by atoms with van der Waals surface area (Å²) in [6, 6.07) is 5.87. The first-order valence-electron chi connectivity index (χ1n) is 7.42. The van der Waals surface area contributed by atoms with Crippen LogP contribution in [0.5, 0.6) is 0 Å². The summed E-state index contributed by atoms with van der Waals surface area (Å²) in [6.45, 7) is 1.50. The van der Waals surface area contributed by atoms with Crippen LogP contribution in [0.3, 0.4) is 0 Å². The molecule has 0 radical (unpaired) electrons. The van der Waals surface area contributed by atoms with Crippen molar-refractivity contribution in [1.29, 1.82) is 0 Å². The summed E-state index contributed by atoms with van der Waals surface area (Å²) in [6.07, 6.45) is 0.495. The Hall–Kier alpha value is 2.44. The van der Waals surface area contributed by atoms with Crippen molar-refractivity contribution in [2.45, 2.75) is 24.7 Å². The smallest absolute Gasteiger partial charge is 0.784 e. The van der Waals surface area contributed by atoms with Gasteiger partial charge in [-0.15, -0.1) is 11.4 Å². The van der Waals surface area contributed by atoms with Crippen molar-refractivity contribution in [3.63, 3.8) is 0 Å². The zero-order valence-corrected chi connectivity index (χ0v) is 25.9. The molecule has 15 heteroatoms. The minimum Gasteiger partial charge on any atom is -0.784 e. The van der Waals surface area contributed by atoms with Crippen LogP contribution >= 0.6 is 11.8 Å². The molecule has 0 aliphatic heterocycles. The Morgan fingerprint density at radius 2 is 1.48 bits per heavy atom. The van der Waals surface area contributed by atoms with Gasteiger partial charge in [-0.05, 0) is 31.0 Å². The van der Waals surface area contributed by atoms with Crippen LogP contribution in [0.25, 0.3) is 0 Å². The molecule has 0 bridgehead atoms. The largest absolute Gasteiger partial charge is 1.00 e. The van der Waals surface area contributed by atoms with E-state index in [9.17, 15) is 26.2 Å². The molecular formula is C14H19K2O9S4-. The van der Waals surface area contributed by atoms with Crippen LogP contribution in [0.15, 0.2) is 29.2 Å². The van der Waals surface area contributed by atoms with E-state index < -0.39 is 37.1 Å². The Morgan fingerprint density at radius 1 is 1.00 bits per heavy atom. The number of thioether (sulfide) groups is 1. The number of hydrogen-bond donors (Lipinski definition) is 0. The second kappa shape index (κ2) is 18.8. The van der Waals surface area contributed by atoms with E-state index in [1.54, 1.807) is 0 Å². The summed E-state index contributed by atoms with van der Waals surface area (Å²) in [5.74, 6) is 0.561. The Bertz CT molecular complexity index is 821. The van der Waals surface area contributed by atoms with E-state index in [4.69, 9.17) is 13.3 Å². The molecule has 0 unspecified atom stereocenters. The van der Waals surface area contributed by atoms with Gasteiger partial charge in [-0.1, -0.05) is 12.1 Å². The Morgan fingerprint density at radius 3 is 1.90 bits per heavy atom. The molecule has 29 heavy (non-hydrogen) atoms. The molecule has 0 aliphatic carbocycles. The summed E-state index contributed by atoms with van der Waals surface area (Å²) in [4.78, 5) is 10.9. The van der Waals surface area contributed by atoms with Gasteiger partial charge in [0.25, 0.3) is 0 Å². The number of sulfone groups is 1. The third kappa shape index (κ3) is 22.0. The third-order valence-electron chi connectivity index (χ3n) is 3.02. The van der Waals surface area contributed by atoms with Gasteiger partial charge >= 0.3 is 103 Å². The molecule has 0 amide bonds. The van der Waals surface area contributed by atoms with Crippen molar-refractivity contribution < 1.29 is 142 Å². The Balaban J connectivity index is -0.00000103. The van der Waals surface area contributed by atoms with E-state index in [1.165, 1.54) is 43.0 Å². The number of aryl methyl sites for hydroxylation is 1. The molecule has 0 heterocycles. The van der Waals surface area contributed by atoms with Crippen molar-refractivity contribution in [2.24, 2.45) is 0 Å². The van der Waals surface area contributed by atoms with Gasteiger partial charge in [0.05, 0.1) is 20.8 Å². The van der Waals surface area contributed by atoms with E-state index >= 15 is 0 Å². The van der Waals surface area contributed by atoms with Gasteiger partial charge in [0.2, 0.25) is 0 Å². The predicted octanol–water partition coefficient (Wildman–Crippen LogP) is -5.74. The van der Waals surface area contributed by atoms with Gasteiger partial charge in [-0.3, -0.25) is 9.00 Å². The van der Waals surface area contributed by atoms with E-state index in [-0.39, 0.29) is 126 Å². The van der Waals surface area contributed by atoms with Crippen LogP contribution < -0.4 is 103 Å². The summed E-state index contributed by atoms with van der Waals surface area (Å²) in [7, 11) is -7.69. The van der Waals surface area contributed by atoms with Gasteiger partial charge in [-0.2, -0.15) is 11.8 Å². The molecule has 0 aromatic heterocycles. The standard InChI is InChI=1S/C14H20O6S3.2K.H2O3S/c1-12(15)6-8-21-9-11-22(16,17)14-4-2-13(3-5-14)7-10-23(18,19)20;;;1-4(2)3/h2-5H,6-11H2,1H3,(H,18,19,20);;;(H2,1,2,3)/q;2*+1;/p-3. The van der Waals surface area contributed by atoms with E-state index in [1.807, 2.05) is 0 Å². The van der Waals surface area contributed by atoms with Gasteiger partial charge in [0, 0.05) is 23.7 Å². The molecule has 0 atom stereocenters. The van der Waals surface area contributed by atoms with Gasteiger partial charge in [-0.25, -0.2) is 16.8 Å². The summed E-state index contributed by atoms with van der Waals surface area (Å²) < 4.78 is 81.3. The molecule has 1 aromatic rings. The monoisotopic (exact) mass is 537 g/mol. The maximum Gasteiger partial charge on any atom is 1.00 e. The van der Waals surface area contributed by atoms with Crippen molar-refractivity contribution in [3.8, 4) is 0 Å². The third-order valence-corrected chi connectivity index (χ3v) is 6.70. The molecule has 1 rings (SSSR count). The van der Waals surface area contributed by atoms with Gasteiger partial charge < -0.3 is 13.7 Å². The molecule has 0 fully saturated rings. The number of benzene rings is 1. The van der Waals surface area contributed by atoms with Crippen molar-refractivity contribution in [1.82, 2.24) is 0 Å². The molecular weight excluding hydrogens is 519 g/mol. The zero-order chi connectivity index (χ0) is 21.1. The van der Waals surface area contributed by atoms with Crippen LogP contribution in [0.4, 0.5) is 0 Å². The molecule has 0 aliphatic rings. The maximum absolute atomic E-state index is 12.1. The van der Waals surface area contributed by atoms with E-state index in [0.717, 1.165) is 0 Å². The summed E-state index contributed by atoms with van der Waals surface area (Å²) in [5.41, 5.74) is 0.596. The number of Topliss-reactive ketones (excluding diaryl/α,β-unsaturated/α-hetero) is 1. The van der Waals surface area contributed by atoms with Crippen LogP contribution in [0.1, 0.15) is 18.9 Å². The van der Waals surface area contributed by atoms with Crippen molar-refractivity contribution >= 4 is 48.9 Å². The van der Waals surface area contributed by atoms with Gasteiger partial charge in [0.15, 0.2) is 9.84 Å². The minimum absolute atomic E-state index is 0. The number of carbonyl (C=O) groups excluding carboxylic acids is 1. The maximum atomic E-state index is 12.1. The normalized spacial score (nSPS) is 10.9. The fraction of sp³-hybridized carbons (Fsp3) is 0.500. The predicted molar refractivity (Wildman–Crippen MR) is 99.1 cm³/mol. The van der Waals surface area contributed by atoms with Crippen LogP contribution in [0.2, 0.25) is 0 Å². The number of hydrogen-bond acceptors (Lipinski definition) is 10. The molecule has 156 valence electrons. The van der Waals surface area contributed by atoms with Crippen LogP contribution in [-0.4, -0.2) is 63.5 Å². The molecule has 0 saturated carbocycles. The van der Waals surface area contributed by atoms with E-state index in [0.29, 0.717) is 23.5 Å². The second-order valence-corrected chi connectivity index (χ2v) is 10.5. The molecule has 0 saturated heterocycles. The van der Waals surface area contributed by atoms with Crippen LogP contribution in [0, 0.1) is 0 Å². The van der Waals surface area contributed by atoms with E-state index in [2.05, 4.69) is 0 Å². The fourth-order valence-electron chi connectivity index (χ4n) is 1.71. The average Bonchev–Trinajstić information content (AvgIpc) is 2.51. The van der Waals surface area contributed by atoms with Crippen molar-refractivity contribution in [3.05, 3.63) is 29.8 Å². The minimum atomic E-state index is -4.28. The summed E-state index contributed by atoms with van der Waals surface area (Å²) in [5, 5.41) is 0. The SMILES string of the molecule is CC(=O)CCSCCS(=O)(=O)c1ccc(CCS(=O)(=O)[O-])cc1.O=S([O-])[O-].[K+].[K+].